The van der Waals surface area contributed by atoms with Gasteiger partial charge in [-0.15, -0.1) is 0 Å². The average molecular weight is 502 g/mol. The Bertz CT molecular complexity index is 1380. The highest BCUT2D eigenvalue weighted by Gasteiger charge is 2.18. The van der Waals surface area contributed by atoms with E-state index in [2.05, 4.69) is 4.98 Å². The molecule has 1 aromatic heterocycles. The van der Waals surface area contributed by atoms with Gasteiger partial charge in [-0.05, 0) is 59.5 Å². The van der Waals surface area contributed by atoms with E-state index < -0.39 is 0 Å². The molecule has 8 nitrogen and oxygen atoms in total. The fourth-order valence-electron chi connectivity index (χ4n) is 4.14. The molecule has 0 aliphatic carbocycles. The first-order valence-corrected chi connectivity index (χ1v) is 11.8. The highest BCUT2D eigenvalue weighted by Crippen LogP contribution is 2.33. The normalized spacial score (nSPS) is 10.6. The lowest BCUT2D eigenvalue weighted by Gasteiger charge is -2.19. The van der Waals surface area contributed by atoms with Crippen molar-refractivity contribution >= 4 is 5.91 Å². The third-order valence-electron chi connectivity index (χ3n) is 6.23. The van der Waals surface area contributed by atoms with E-state index in [0.717, 1.165) is 22.4 Å². The maximum Gasteiger partial charge on any atom is 0.272 e. The molecule has 4 rings (SSSR count). The van der Waals surface area contributed by atoms with Crippen molar-refractivity contribution in [3.8, 4) is 39.8 Å². The number of imidazole rings is 1. The van der Waals surface area contributed by atoms with Crippen LogP contribution < -0.4 is 18.9 Å². The number of hydrogen-bond donors (Lipinski definition) is 0. The van der Waals surface area contributed by atoms with Gasteiger partial charge < -0.3 is 23.8 Å². The van der Waals surface area contributed by atoms with Crippen molar-refractivity contribution in [1.82, 2.24) is 14.5 Å². The van der Waals surface area contributed by atoms with Gasteiger partial charge in [-0.1, -0.05) is 24.3 Å². The van der Waals surface area contributed by atoms with Gasteiger partial charge in [0.1, 0.15) is 5.69 Å². The predicted molar refractivity (Wildman–Crippen MR) is 142 cm³/mol. The molecule has 0 spiro atoms. The second-order valence-corrected chi connectivity index (χ2v) is 8.44. The van der Waals surface area contributed by atoms with Gasteiger partial charge in [0.05, 0.1) is 41.0 Å². The molecule has 192 valence electrons. The first kappa shape index (κ1) is 25.6. The molecule has 0 fully saturated rings. The third-order valence-corrected chi connectivity index (χ3v) is 6.23. The largest absolute Gasteiger partial charge is 0.493 e. The third kappa shape index (κ3) is 5.53. The minimum Gasteiger partial charge on any atom is -0.493 e. The Hall–Kier alpha value is -4.46. The lowest BCUT2D eigenvalue weighted by atomic mass is 10.0. The molecule has 0 bridgehead atoms. The molecule has 3 aromatic carbocycles. The topological polar surface area (TPSA) is 75.1 Å². The van der Waals surface area contributed by atoms with Crippen molar-refractivity contribution < 1.29 is 23.7 Å². The molecule has 0 saturated heterocycles. The molecule has 8 heteroatoms. The Labute approximate surface area is 217 Å². The molecule has 1 heterocycles. The lowest BCUT2D eigenvalue weighted by molar-refractivity contribution is 0.0788. The maximum atomic E-state index is 13.3. The smallest absolute Gasteiger partial charge is 0.272 e. The number of methoxy groups -OCH3 is 4. The number of aromatic nitrogens is 2. The minimum absolute atomic E-state index is 0.116. The summed E-state index contributed by atoms with van der Waals surface area (Å²) in [5, 5.41) is 0. The van der Waals surface area contributed by atoms with Crippen molar-refractivity contribution in [2.45, 2.75) is 6.42 Å². The van der Waals surface area contributed by atoms with Crippen molar-refractivity contribution in [2.75, 3.05) is 42.0 Å². The maximum absolute atomic E-state index is 13.3. The van der Waals surface area contributed by atoms with Crippen LogP contribution >= 0.6 is 0 Å². The van der Waals surface area contributed by atoms with E-state index in [0.29, 0.717) is 41.7 Å². The van der Waals surface area contributed by atoms with Gasteiger partial charge in [-0.2, -0.15) is 0 Å². The van der Waals surface area contributed by atoms with Gasteiger partial charge in [-0.3, -0.25) is 9.36 Å². The molecule has 4 aromatic rings. The number of benzene rings is 3. The molecule has 0 saturated carbocycles. The predicted octanol–water partition coefficient (Wildman–Crippen LogP) is 4.89. The Morgan fingerprint density at radius 1 is 0.811 bits per heavy atom. The molecule has 0 atom stereocenters. The summed E-state index contributed by atoms with van der Waals surface area (Å²) in [7, 11) is 8.24. The number of carbonyl (C=O) groups is 1. The van der Waals surface area contributed by atoms with E-state index >= 15 is 0 Å². The molecule has 0 aliphatic rings. The molecular formula is C29H31N3O5. The second-order valence-electron chi connectivity index (χ2n) is 8.44. The van der Waals surface area contributed by atoms with E-state index in [4.69, 9.17) is 18.9 Å². The van der Waals surface area contributed by atoms with Crippen LogP contribution in [0, 0.1) is 0 Å². The van der Waals surface area contributed by atoms with Gasteiger partial charge in [0.15, 0.2) is 23.0 Å². The van der Waals surface area contributed by atoms with Crippen LogP contribution in [0.25, 0.3) is 16.8 Å². The quantitative estimate of drug-likeness (QED) is 0.308. The first-order valence-electron chi connectivity index (χ1n) is 11.8. The van der Waals surface area contributed by atoms with E-state index in [-0.39, 0.29) is 5.91 Å². The number of amides is 1. The zero-order valence-corrected chi connectivity index (χ0v) is 21.7. The van der Waals surface area contributed by atoms with Gasteiger partial charge >= 0.3 is 0 Å². The SMILES string of the molecule is COc1ccc(CCN(C)C(=O)c2cncn2-c2cccc(-c3ccc(OC)c(OC)c3)c2)cc1OC. The monoisotopic (exact) mass is 501 g/mol. The number of likely N-dealkylation sites (N-methyl/N-ethyl adjacent to an activating group) is 1. The summed E-state index contributed by atoms with van der Waals surface area (Å²) in [6, 6.07) is 19.5. The van der Waals surface area contributed by atoms with Crippen molar-refractivity contribution in [3.05, 3.63) is 84.4 Å². The molecule has 0 N–H and O–H groups in total. The molecule has 0 radical (unpaired) electrons. The van der Waals surface area contributed by atoms with Gasteiger partial charge in [0.25, 0.3) is 5.91 Å². The van der Waals surface area contributed by atoms with Gasteiger partial charge in [0.2, 0.25) is 0 Å². The Kier molecular flexibility index (Phi) is 7.98. The zero-order valence-electron chi connectivity index (χ0n) is 21.7. The molecule has 37 heavy (non-hydrogen) atoms. The van der Waals surface area contributed by atoms with Crippen molar-refractivity contribution in [1.29, 1.82) is 0 Å². The van der Waals surface area contributed by atoms with Crippen LogP contribution in [0.3, 0.4) is 0 Å². The first-order chi connectivity index (χ1) is 18.0. The number of ether oxygens (including phenoxy) is 4. The average Bonchev–Trinajstić information content (AvgIpc) is 3.45. The van der Waals surface area contributed by atoms with Crippen molar-refractivity contribution in [2.24, 2.45) is 0 Å². The highest BCUT2D eigenvalue weighted by atomic mass is 16.5. The number of nitrogens with zero attached hydrogens (tertiary/aromatic N) is 3. The van der Waals surface area contributed by atoms with E-state index in [9.17, 15) is 4.79 Å². The van der Waals surface area contributed by atoms with Crippen molar-refractivity contribution in [3.63, 3.8) is 0 Å². The zero-order chi connectivity index (χ0) is 26.4. The summed E-state index contributed by atoms with van der Waals surface area (Å²) in [6.07, 6.45) is 3.92. The fourth-order valence-corrected chi connectivity index (χ4v) is 4.14. The van der Waals surface area contributed by atoms with Crippen LogP contribution in [0.4, 0.5) is 0 Å². The van der Waals surface area contributed by atoms with Gasteiger partial charge in [-0.25, -0.2) is 4.98 Å². The Balaban J connectivity index is 1.53. The fraction of sp³-hybridized carbons (Fsp3) is 0.241. The number of carbonyl (C=O) groups excluding carboxylic acids is 1. The summed E-state index contributed by atoms with van der Waals surface area (Å²) in [6.45, 7) is 0.533. The summed E-state index contributed by atoms with van der Waals surface area (Å²) in [5.41, 5.74) is 4.32. The van der Waals surface area contributed by atoms with Crippen LogP contribution in [0.1, 0.15) is 16.1 Å². The second kappa shape index (κ2) is 11.5. The van der Waals surface area contributed by atoms with Gasteiger partial charge in [0, 0.05) is 19.3 Å². The minimum atomic E-state index is -0.116. The highest BCUT2D eigenvalue weighted by molar-refractivity contribution is 5.93. The van der Waals surface area contributed by atoms with Crippen LogP contribution in [0.2, 0.25) is 0 Å². The van der Waals surface area contributed by atoms with Crippen LogP contribution in [0.5, 0.6) is 23.0 Å². The molecular weight excluding hydrogens is 470 g/mol. The van der Waals surface area contributed by atoms with E-state index in [1.807, 2.05) is 60.7 Å². The summed E-state index contributed by atoms with van der Waals surface area (Å²) in [4.78, 5) is 19.3. The molecule has 0 unspecified atom stereocenters. The van der Waals surface area contributed by atoms with Crippen LogP contribution in [-0.4, -0.2) is 62.4 Å². The van der Waals surface area contributed by atoms with E-state index in [1.165, 1.54) is 0 Å². The van der Waals surface area contributed by atoms with Crippen LogP contribution in [0.15, 0.2) is 73.2 Å². The molecule has 1 amide bonds. The summed E-state index contributed by atoms with van der Waals surface area (Å²) < 4.78 is 23.3. The van der Waals surface area contributed by atoms with E-state index in [1.54, 1.807) is 57.5 Å². The standard InChI is InChI=1S/C29H31N3O5/c1-31(14-13-20-9-11-25(34-2)27(15-20)36-4)29(33)24-18-30-19-32(24)23-8-6-7-21(16-23)22-10-12-26(35-3)28(17-22)37-5/h6-12,15-19H,13-14H2,1-5H3. The summed E-state index contributed by atoms with van der Waals surface area (Å²) in [5.74, 6) is 2.55. The summed E-state index contributed by atoms with van der Waals surface area (Å²) >= 11 is 0. The number of rotatable bonds is 10. The Morgan fingerprint density at radius 3 is 2.16 bits per heavy atom. The Morgan fingerprint density at radius 2 is 1.46 bits per heavy atom. The van der Waals surface area contributed by atoms with Crippen LogP contribution in [-0.2, 0) is 6.42 Å². The number of hydrogen-bond acceptors (Lipinski definition) is 6. The molecule has 0 aliphatic heterocycles. The lowest BCUT2D eigenvalue weighted by Crippen LogP contribution is -2.30.